The van der Waals surface area contributed by atoms with Crippen LogP contribution >= 0.6 is 0 Å². The summed E-state index contributed by atoms with van der Waals surface area (Å²) < 4.78 is 18.7. The molecule has 1 aromatic heterocycles. The standard InChI is InChI=1S/C27H24FN3O3/c1-26(2)18-27(24(32)31(26)3,25(33)34-17-20-7-5-4-6-8-20)23-29-15-21(16-30-23)10-9-19-11-13-22(28)14-12-19/h4-8,11-16H,17-18H2,1-3H3. The van der Waals surface area contributed by atoms with Crippen molar-refractivity contribution < 1.29 is 18.7 Å². The van der Waals surface area contributed by atoms with Gasteiger partial charge in [0.25, 0.3) is 0 Å². The van der Waals surface area contributed by atoms with E-state index in [9.17, 15) is 14.0 Å². The summed E-state index contributed by atoms with van der Waals surface area (Å²) >= 11 is 0. The topological polar surface area (TPSA) is 72.4 Å². The van der Waals surface area contributed by atoms with E-state index >= 15 is 0 Å². The molecule has 1 saturated heterocycles. The molecule has 3 aromatic rings. The van der Waals surface area contributed by atoms with Gasteiger partial charge in [-0.3, -0.25) is 9.59 Å². The van der Waals surface area contributed by atoms with Crippen LogP contribution in [0.5, 0.6) is 0 Å². The lowest BCUT2D eigenvalue weighted by Crippen LogP contribution is -2.46. The van der Waals surface area contributed by atoms with E-state index in [1.165, 1.54) is 24.5 Å². The Kier molecular flexibility index (Phi) is 6.16. The monoisotopic (exact) mass is 457 g/mol. The van der Waals surface area contributed by atoms with E-state index in [4.69, 9.17) is 4.74 Å². The number of amides is 1. The van der Waals surface area contributed by atoms with Crippen molar-refractivity contribution in [3.63, 3.8) is 0 Å². The predicted octanol–water partition coefficient (Wildman–Crippen LogP) is 3.64. The van der Waals surface area contributed by atoms with Crippen LogP contribution in [0.4, 0.5) is 4.39 Å². The molecule has 1 aliphatic heterocycles. The zero-order chi connectivity index (χ0) is 24.3. The van der Waals surface area contributed by atoms with Crippen molar-refractivity contribution >= 4 is 11.9 Å². The van der Waals surface area contributed by atoms with Gasteiger partial charge in [0.05, 0.1) is 5.56 Å². The molecule has 7 heteroatoms. The molecule has 34 heavy (non-hydrogen) atoms. The fourth-order valence-electron chi connectivity index (χ4n) is 3.97. The molecule has 6 nitrogen and oxygen atoms in total. The van der Waals surface area contributed by atoms with E-state index in [1.807, 2.05) is 44.2 Å². The molecule has 172 valence electrons. The molecule has 2 heterocycles. The highest BCUT2D eigenvalue weighted by molar-refractivity contribution is 6.10. The third kappa shape index (κ3) is 4.40. The Morgan fingerprint density at radius 2 is 1.65 bits per heavy atom. The first-order valence-electron chi connectivity index (χ1n) is 10.8. The molecule has 1 atom stereocenters. The van der Waals surface area contributed by atoms with Gasteiger partial charge in [0, 0.05) is 37.0 Å². The van der Waals surface area contributed by atoms with E-state index in [0.717, 1.165) is 5.56 Å². The second kappa shape index (κ2) is 9.06. The van der Waals surface area contributed by atoms with Gasteiger partial charge in [-0.1, -0.05) is 42.2 Å². The number of nitrogens with zero attached hydrogens (tertiary/aromatic N) is 3. The van der Waals surface area contributed by atoms with Gasteiger partial charge in [0.1, 0.15) is 12.4 Å². The molecule has 0 bridgehead atoms. The normalized spacial score (nSPS) is 18.8. The van der Waals surface area contributed by atoms with Crippen molar-refractivity contribution in [2.75, 3.05) is 7.05 Å². The van der Waals surface area contributed by atoms with Gasteiger partial charge in [-0.2, -0.15) is 0 Å². The highest BCUT2D eigenvalue weighted by Gasteiger charge is 2.62. The van der Waals surface area contributed by atoms with Crippen LogP contribution in [-0.2, 0) is 26.3 Å². The lowest BCUT2D eigenvalue weighted by atomic mass is 9.80. The van der Waals surface area contributed by atoms with Gasteiger partial charge in [-0.25, -0.2) is 14.4 Å². The minimum Gasteiger partial charge on any atom is -0.460 e. The number of ether oxygens (including phenoxy) is 1. The maximum absolute atomic E-state index is 13.4. The molecule has 0 N–H and O–H groups in total. The molecule has 0 spiro atoms. The summed E-state index contributed by atoms with van der Waals surface area (Å²) in [5.41, 5.74) is -0.278. The number of aromatic nitrogens is 2. The Balaban J connectivity index is 1.64. The molecule has 0 aliphatic carbocycles. The van der Waals surface area contributed by atoms with E-state index in [1.54, 1.807) is 24.1 Å². The SMILES string of the molecule is CN1C(=O)C(C(=O)OCc2ccccc2)(c2ncc(C#Cc3ccc(F)cc3)cn2)CC1(C)C. The quantitative estimate of drug-likeness (QED) is 0.340. The van der Waals surface area contributed by atoms with Crippen molar-refractivity contribution in [3.8, 4) is 11.8 Å². The van der Waals surface area contributed by atoms with Crippen LogP contribution in [0.3, 0.4) is 0 Å². The first kappa shape index (κ1) is 23.1. The Labute approximate surface area is 197 Å². The molecular weight excluding hydrogens is 433 g/mol. The number of likely N-dealkylation sites (N-methyl/N-ethyl adjacent to an activating group) is 1. The largest absolute Gasteiger partial charge is 0.460 e. The van der Waals surface area contributed by atoms with E-state index in [-0.39, 0.29) is 24.7 Å². The van der Waals surface area contributed by atoms with Crippen LogP contribution in [-0.4, -0.2) is 39.3 Å². The zero-order valence-electron chi connectivity index (χ0n) is 19.2. The smallest absolute Gasteiger partial charge is 0.330 e. The number of carbonyl (C=O) groups excluding carboxylic acids is 2. The zero-order valence-corrected chi connectivity index (χ0v) is 19.2. The lowest BCUT2D eigenvalue weighted by Gasteiger charge is -2.26. The Hall–Kier alpha value is -4.05. The van der Waals surface area contributed by atoms with Gasteiger partial charge in [-0.15, -0.1) is 0 Å². The van der Waals surface area contributed by atoms with E-state index in [0.29, 0.717) is 11.1 Å². The summed E-state index contributed by atoms with van der Waals surface area (Å²) in [5, 5.41) is 0. The van der Waals surface area contributed by atoms with Crippen LogP contribution in [0.1, 0.15) is 42.8 Å². The number of carbonyl (C=O) groups is 2. The molecule has 1 unspecified atom stereocenters. The summed E-state index contributed by atoms with van der Waals surface area (Å²) in [6.07, 6.45) is 3.14. The summed E-state index contributed by atoms with van der Waals surface area (Å²) in [4.78, 5) is 37.1. The van der Waals surface area contributed by atoms with Crippen LogP contribution < -0.4 is 0 Å². The predicted molar refractivity (Wildman–Crippen MR) is 124 cm³/mol. The van der Waals surface area contributed by atoms with Crippen molar-refractivity contribution in [2.45, 2.75) is 37.8 Å². The van der Waals surface area contributed by atoms with E-state index in [2.05, 4.69) is 21.8 Å². The minimum absolute atomic E-state index is 0.0417. The summed E-state index contributed by atoms with van der Waals surface area (Å²) in [6.45, 7) is 3.82. The number of hydrogen-bond donors (Lipinski definition) is 0. The molecule has 1 fully saturated rings. The average Bonchev–Trinajstić information content (AvgIpc) is 3.04. The first-order valence-corrected chi connectivity index (χ1v) is 10.8. The summed E-state index contributed by atoms with van der Waals surface area (Å²) in [5.74, 6) is 4.50. The third-order valence-corrected chi connectivity index (χ3v) is 6.07. The Bertz CT molecular complexity index is 1260. The second-order valence-electron chi connectivity index (χ2n) is 8.87. The maximum Gasteiger partial charge on any atom is 0.330 e. The molecule has 0 saturated carbocycles. The van der Waals surface area contributed by atoms with Crippen molar-refractivity contribution in [1.82, 2.24) is 14.9 Å². The number of esters is 1. The van der Waals surface area contributed by atoms with Crippen LogP contribution in [0.2, 0.25) is 0 Å². The Morgan fingerprint density at radius 3 is 2.24 bits per heavy atom. The number of hydrogen-bond acceptors (Lipinski definition) is 5. The highest BCUT2D eigenvalue weighted by atomic mass is 19.1. The van der Waals surface area contributed by atoms with Crippen molar-refractivity contribution in [1.29, 1.82) is 0 Å². The number of halogens is 1. The molecule has 4 rings (SSSR count). The van der Waals surface area contributed by atoms with Crippen LogP contribution in [0.25, 0.3) is 0 Å². The maximum atomic E-state index is 13.4. The molecule has 0 radical (unpaired) electrons. The molecule has 1 aliphatic rings. The highest BCUT2D eigenvalue weighted by Crippen LogP contribution is 2.43. The fraction of sp³-hybridized carbons (Fsp3) is 0.259. The third-order valence-electron chi connectivity index (χ3n) is 6.07. The van der Waals surface area contributed by atoms with Gasteiger partial charge >= 0.3 is 5.97 Å². The molecule has 1 amide bonds. The van der Waals surface area contributed by atoms with Gasteiger partial charge < -0.3 is 9.64 Å². The summed E-state index contributed by atoms with van der Waals surface area (Å²) in [6, 6.07) is 15.1. The van der Waals surface area contributed by atoms with E-state index < -0.39 is 22.8 Å². The van der Waals surface area contributed by atoms with Crippen LogP contribution in [0.15, 0.2) is 67.0 Å². The second-order valence-corrected chi connectivity index (χ2v) is 8.87. The van der Waals surface area contributed by atoms with Crippen molar-refractivity contribution in [2.24, 2.45) is 0 Å². The molecule has 2 aromatic carbocycles. The number of rotatable bonds is 4. The fourth-order valence-corrected chi connectivity index (χ4v) is 3.97. The lowest BCUT2D eigenvalue weighted by molar-refractivity contribution is -0.156. The minimum atomic E-state index is -1.64. The van der Waals surface area contributed by atoms with Crippen molar-refractivity contribution in [3.05, 3.63) is 95.3 Å². The number of benzene rings is 2. The number of likely N-dealkylation sites (tertiary alicyclic amines) is 1. The Morgan fingerprint density at radius 1 is 1.03 bits per heavy atom. The van der Waals surface area contributed by atoms with Crippen LogP contribution in [0, 0.1) is 17.7 Å². The average molecular weight is 458 g/mol. The van der Waals surface area contributed by atoms with Gasteiger partial charge in [0.15, 0.2) is 5.82 Å². The van der Waals surface area contributed by atoms with Gasteiger partial charge in [-0.05, 0) is 43.7 Å². The first-order chi connectivity index (χ1) is 16.2. The van der Waals surface area contributed by atoms with Gasteiger partial charge in [0.2, 0.25) is 11.3 Å². The summed E-state index contributed by atoms with van der Waals surface area (Å²) in [7, 11) is 1.66. The molecular formula is C27H24FN3O3.